The van der Waals surface area contributed by atoms with E-state index in [9.17, 15) is 4.39 Å². The standard InChI is InChI=1S/C18H12ClFN4OS/c19-15-4-2-1-3-14(15)16-18(25-16,12-5-7-13(20)8-6-12)9-24-17(26-10-21)22-11-23-24/h1-8,11,16H,9H2. The fraction of sp³-hybridized carbons (Fsp3) is 0.167. The van der Waals surface area contributed by atoms with Crippen LogP contribution in [0, 0.1) is 16.5 Å². The number of hydrogen-bond acceptors (Lipinski definition) is 5. The third kappa shape index (κ3) is 2.97. The summed E-state index contributed by atoms with van der Waals surface area (Å²) in [5.74, 6) is -0.319. The van der Waals surface area contributed by atoms with Crippen LogP contribution in [0.4, 0.5) is 4.39 Å². The van der Waals surface area contributed by atoms with Gasteiger partial charge in [-0.2, -0.15) is 10.4 Å². The first-order valence-electron chi connectivity index (χ1n) is 7.76. The Morgan fingerprint density at radius 3 is 2.77 bits per heavy atom. The Morgan fingerprint density at radius 1 is 1.27 bits per heavy atom. The molecule has 4 rings (SSSR count). The number of nitriles is 1. The molecule has 0 spiro atoms. The lowest BCUT2D eigenvalue weighted by molar-refractivity contribution is 0.256. The molecule has 2 aromatic carbocycles. The monoisotopic (exact) mass is 386 g/mol. The Kier molecular flexibility index (Phi) is 4.41. The lowest BCUT2D eigenvalue weighted by Crippen LogP contribution is -2.20. The first-order chi connectivity index (χ1) is 12.6. The number of epoxide rings is 1. The molecular formula is C18H12ClFN4OS. The second kappa shape index (κ2) is 6.72. The first-order valence-corrected chi connectivity index (χ1v) is 8.95. The van der Waals surface area contributed by atoms with Gasteiger partial charge in [0.15, 0.2) is 0 Å². The molecule has 0 bridgehead atoms. The van der Waals surface area contributed by atoms with E-state index < -0.39 is 5.60 Å². The van der Waals surface area contributed by atoms with E-state index in [1.165, 1.54) is 18.5 Å². The SMILES string of the molecule is N#CSc1ncnn1CC1(c2ccc(F)cc2)OC1c1ccccc1Cl. The van der Waals surface area contributed by atoms with E-state index in [1.54, 1.807) is 22.9 Å². The molecule has 0 aliphatic carbocycles. The minimum absolute atomic E-state index is 0.300. The van der Waals surface area contributed by atoms with Gasteiger partial charge in [-0.25, -0.2) is 14.1 Å². The Bertz CT molecular complexity index is 987. The summed E-state index contributed by atoms with van der Waals surface area (Å²) >= 11 is 7.27. The maximum Gasteiger partial charge on any atom is 0.200 e. The largest absolute Gasteiger partial charge is 0.354 e. The van der Waals surface area contributed by atoms with Gasteiger partial charge in [0.1, 0.15) is 29.3 Å². The average molecular weight is 387 g/mol. The second-order valence-corrected chi connectivity index (χ2v) is 6.97. The van der Waals surface area contributed by atoms with Crippen LogP contribution < -0.4 is 0 Å². The van der Waals surface area contributed by atoms with Crippen molar-refractivity contribution < 1.29 is 9.13 Å². The fourth-order valence-corrected chi connectivity index (χ4v) is 3.68. The van der Waals surface area contributed by atoms with E-state index in [0.29, 0.717) is 16.7 Å². The molecular weight excluding hydrogens is 375 g/mol. The highest BCUT2D eigenvalue weighted by atomic mass is 35.5. The molecule has 2 heterocycles. The number of aromatic nitrogens is 3. The summed E-state index contributed by atoms with van der Waals surface area (Å²) in [7, 11) is 0. The zero-order valence-corrected chi connectivity index (χ0v) is 14.9. The van der Waals surface area contributed by atoms with Gasteiger partial charge in [0.2, 0.25) is 5.16 Å². The minimum atomic E-state index is -0.753. The molecule has 26 heavy (non-hydrogen) atoms. The van der Waals surface area contributed by atoms with Gasteiger partial charge in [-0.1, -0.05) is 41.9 Å². The van der Waals surface area contributed by atoms with Crippen molar-refractivity contribution in [2.75, 3.05) is 0 Å². The number of nitrogens with zero attached hydrogens (tertiary/aromatic N) is 4. The third-order valence-corrected chi connectivity index (χ3v) is 5.25. The van der Waals surface area contributed by atoms with Gasteiger partial charge in [-0.3, -0.25) is 0 Å². The average Bonchev–Trinajstić information content (AvgIpc) is 3.19. The topological polar surface area (TPSA) is 67.0 Å². The molecule has 2 atom stereocenters. The molecule has 2 unspecified atom stereocenters. The van der Waals surface area contributed by atoms with Crippen molar-refractivity contribution in [1.29, 1.82) is 5.26 Å². The number of halogens is 2. The molecule has 1 aliphatic heterocycles. The van der Waals surface area contributed by atoms with Crippen molar-refractivity contribution in [2.45, 2.75) is 23.4 Å². The summed E-state index contributed by atoms with van der Waals surface area (Å²) in [5, 5.41) is 16.2. The van der Waals surface area contributed by atoms with Gasteiger partial charge < -0.3 is 4.74 Å². The number of rotatable bonds is 5. The summed E-state index contributed by atoms with van der Waals surface area (Å²) in [6, 6.07) is 13.6. The van der Waals surface area contributed by atoms with Crippen LogP contribution in [-0.2, 0) is 16.9 Å². The van der Waals surface area contributed by atoms with Gasteiger partial charge in [0.05, 0.1) is 6.54 Å². The fourth-order valence-electron chi connectivity index (χ4n) is 3.05. The van der Waals surface area contributed by atoms with E-state index in [0.717, 1.165) is 22.9 Å². The summed E-state index contributed by atoms with van der Waals surface area (Å²) in [6.07, 6.45) is 1.09. The van der Waals surface area contributed by atoms with Gasteiger partial charge >= 0.3 is 0 Å². The number of thiocyanates is 1. The van der Waals surface area contributed by atoms with Crippen LogP contribution in [0.3, 0.4) is 0 Å². The van der Waals surface area contributed by atoms with Gasteiger partial charge in [-0.15, -0.1) is 0 Å². The van der Waals surface area contributed by atoms with Crippen LogP contribution in [0.5, 0.6) is 0 Å². The van der Waals surface area contributed by atoms with E-state index in [1.807, 2.05) is 23.6 Å². The summed E-state index contributed by atoms with van der Waals surface area (Å²) < 4.78 is 21.1. The lowest BCUT2D eigenvalue weighted by Gasteiger charge is -2.15. The predicted molar refractivity (Wildman–Crippen MR) is 94.8 cm³/mol. The molecule has 1 fully saturated rings. The van der Waals surface area contributed by atoms with Crippen molar-refractivity contribution in [3.8, 4) is 5.40 Å². The van der Waals surface area contributed by atoms with Gasteiger partial charge in [0.25, 0.3) is 0 Å². The number of benzene rings is 2. The molecule has 5 nitrogen and oxygen atoms in total. The zero-order valence-electron chi connectivity index (χ0n) is 13.3. The van der Waals surface area contributed by atoms with Crippen LogP contribution in [0.1, 0.15) is 17.2 Å². The van der Waals surface area contributed by atoms with Gasteiger partial charge in [-0.05, 0) is 23.8 Å². The smallest absolute Gasteiger partial charge is 0.200 e. The normalized spacial score (nSPS) is 21.3. The molecule has 1 aromatic heterocycles. The quantitative estimate of drug-likeness (QED) is 0.371. The Labute approximate surface area is 158 Å². The molecule has 0 saturated carbocycles. The zero-order chi connectivity index (χ0) is 18.1. The van der Waals surface area contributed by atoms with Gasteiger partial charge in [0, 0.05) is 22.3 Å². The highest BCUT2D eigenvalue weighted by molar-refractivity contribution is 8.03. The van der Waals surface area contributed by atoms with E-state index in [2.05, 4.69) is 10.1 Å². The van der Waals surface area contributed by atoms with Crippen molar-refractivity contribution in [3.63, 3.8) is 0 Å². The van der Waals surface area contributed by atoms with Crippen LogP contribution in [0.2, 0.25) is 5.02 Å². The first kappa shape index (κ1) is 17.0. The van der Waals surface area contributed by atoms with Crippen LogP contribution in [0.15, 0.2) is 60.0 Å². The Balaban J connectivity index is 1.74. The van der Waals surface area contributed by atoms with Crippen molar-refractivity contribution >= 4 is 23.4 Å². The molecule has 0 N–H and O–H groups in total. The molecule has 8 heteroatoms. The van der Waals surface area contributed by atoms with E-state index in [4.69, 9.17) is 21.6 Å². The van der Waals surface area contributed by atoms with Crippen LogP contribution >= 0.6 is 23.4 Å². The number of hydrogen-bond donors (Lipinski definition) is 0. The maximum absolute atomic E-state index is 13.4. The minimum Gasteiger partial charge on any atom is -0.354 e. The molecule has 0 amide bonds. The van der Waals surface area contributed by atoms with Crippen molar-refractivity contribution in [1.82, 2.24) is 14.8 Å². The molecule has 0 radical (unpaired) electrons. The molecule has 1 aliphatic rings. The lowest BCUT2D eigenvalue weighted by atomic mass is 9.91. The van der Waals surface area contributed by atoms with Crippen LogP contribution in [-0.4, -0.2) is 14.8 Å². The summed E-state index contributed by atoms with van der Waals surface area (Å²) in [6.45, 7) is 0.332. The number of ether oxygens (including phenoxy) is 1. The molecule has 130 valence electrons. The Hall–Kier alpha value is -2.40. The highest BCUT2D eigenvalue weighted by Gasteiger charge is 2.59. The maximum atomic E-state index is 13.4. The van der Waals surface area contributed by atoms with Crippen molar-refractivity contribution in [3.05, 3.63) is 76.8 Å². The predicted octanol–water partition coefficient (Wildman–Crippen LogP) is 4.31. The summed E-state index contributed by atoms with van der Waals surface area (Å²) in [4.78, 5) is 4.09. The molecule has 1 saturated heterocycles. The van der Waals surface area contributed by atoms with E-state index >= 15 is 0 Å². The Morgan fingerprint density at radius 2 is 2.04 bits per heavy atom. The molecule has 3 aromatic rings. The number of thioether (sulfide) groups is 1. The van der Waals surface area contributed by atoms with Crippen LogP contribution in [0.25, 0.3) is 0 Å². The van der Waals surface area contributed by atoms with Crippen molar-refractivity contribution in [2.24, 2.45) is 0 Å². The highest BCUT2D eigenvalue weighted by Crippen LogP contribution is 2.59. The second-order valence-electron chi connectivity index (χ2n) is 5.81. The summed E-state index contributed by atoms with van der Waals surface area (Å²) in [5.41, 5.74) is 0.914. The third-order valence-electron chi connectivity index (χ3n) is 4.32. The van der Waals surface area contributed by atoms with E-state index in [-0.39, 0.29) is 11.9 Å².